The first-order valence-electron chi connectivity index (χ1n) is 5.47. The van der Waals surface area contributed by atoms with Crippen LogP contribution in [-0.4, -0.2) is 60.8 Å². The predicted molar refractivity (Wildman–Crippen MR) is 69.5 cm³/mol. The van der Waals surface area contributed by atoms with Gasteiger partial charge in [0.25, 0.3) is 0 Å². The summed E-state index contributed by atoms with van der Waals surface area (Å²) in [7, 11) is 0. The van der Waals surface area contributed by atoms with Gasteiger partial charge in [-0.25, -0.2) is 9.59 Å². The zero-order valence-electron chi connectivity index (χ0n) is 10.9. The van der Waals surface area contributed by atoms with Crippen LogP contribution in [0.4, 0.5) is 0 Å². The Morgan fingerprint density at radius 2 is 0.952 bits per heavy atom. The molecule has 2 aromatic carbocycles. The van der Waals surface area contributed by atoms with E-state index in [-0.39, 0.29) is 60.0 Å². The van der Waals surface area contributed by atoms with Crippen molar-refractivity contribution in [2.75, 3.05) is 0 Å². The molecule has 0 saturated heterocycles. The van der Waals surface area contributed by atoms with Crippen LogP contribution in [-0.2, 0) is 9.78 Å². The molecule has 0 saturated carbocycles. The molecular formula is C14H10BaO6. The molecule has 0 aromatic heterocycles. The largest absolute Gasteiger partial charge is 2.00 e. The monoisotopic (exact) mass is 412 g/mol. The summed E-state index contributed by atoms with van der Waals surface area (Å²) >= 11 is 0. The maximum Gasteiger partial charge on any atom is 2.00 e. The van der Waals surface area contributed by atoms with Crippen LogP contribution in [0.2, 0.25) is 0 Å². The Morgan fingerprint density at radius 1 is 0.667 bits per heavy atom. The Hall–Kier alpha value is -1.13. The van der Waals surface area contributed by atoms with E-state index in [0.717, 1.165) is 0 Å². The van der Waals surface area contributed by atoms with Crippen LogP contribution in [0.25, 0.3) is 0 Å². The van der Waals surface area contributed by atoms with Crippen LogP contribution >= 0.6 is 0 Å². The number of carbonyl (C=O) groups excluding carboxylic acids is 2. The second-order valence-corrected chi connectivity index (χ2v) is 3.47. The second-order valence-electron chi connectivity index (χ2n) is 3.47. The van der Waals surface area contributed by atoms with Crippen molar-refractivity contribution in [3.63, 3.8) is 0 Å². The standard InChI is InChI=1S/2C7H6O3.Ba/c2*8-7(10-9)6-4-2-1-3-5-6;/h2*1-5,9H;/q;;+2/p-2. The minimum Gasteiger partial charge on any atom is -0.661 e. The van der Waals surface area contributed by atoms with Crippen molar-refractivity contribution < 1.29 is 29.9 Å². The van der Waals surface area contributed by atoms with E-state index >= 15 is 0 Å². The maximum absolute atomic E-state index is 10.5. The first-order valence-corrected chi connectivity index (χ1v) is 5.47. The van der Waals surface area contributed by atoms with Crippen molar-refractivity contribution in [1.29, 1.82) is 0 Å². The molecule has 0 unspecified atom stereocenters. The van der Waals surface area contributed by atoms with Gasteiger partial charge >= 0.3 is 60.8 Å². The van der Waals surface area contributed by atoms with Gasteiger partial charge in [0.05, 0.1) is 11.1 Å². The summed E-state index contributed by atoms with van der Waals surface area (Å²) in [6.07, 6.45) is 0. The summed E-state index contributed by atoms with van der Waals surface area (Å²) in [5.74, 6) is -1.69. The molecule has 0 radical (unpaired) electrons. The van der Waals surface area contributed by atoms with Crippen molar-refractivity contribution in [2.45, 2.75) is 0 Å². The molecule has 0 aliphatic heterocycles. The van der Waals surface area contributed by atoms with Crippen LogP contribution in [0.3, 0.4) is 0 Å². The van der Waals surface area contributed by atoms with Gasteiger partial charge < -0.3 is 20.3 Å². The van der Waals surface area contributed by atoms with E-state index in [9.17, 15) is 20.1 Å². The smallest absolute Gasteiger partial charge is 0.661 e. The third kappa shape index (κ3) is 7.44. The Kier molecular flexibility index (Phi) is 10.9. The van der Waals surface area contributed by atoms with E-state index in [1.54, 1.807) is 36.4 Å². The van der Waals surface area contributed by atoms with Crippen molar-refractivity contribution in [3.05, 3.63) is 71.8 Å². The van der Waals surface area contributed by atoms with Gasteiger partial charge in [0.15, 0.2) is 0 Å². The van der Waals surface area contributed by atoms with E-state index in [1.807, 2.05) is 0 Å². The fraction of sp³-hybridized carbons (Fsp3) is 0. The molecule has 0 aliphatic carbocycles. The zero-order chi connectivity index (χ0) is 14.8. The van der Waals surface area contributed by atoms with Crippen LogP contribution in [0.15, 0.2) is 60.7 Å². The molecule has 0 spiro atoms. The molecular weight excluding hydrogens is 401 g/mol. The molecule has 0 bridgehead atoms. The van der Waals surface area contributed by atoms with Gasteiger partial charge in [-0.1, -0.05) is 36.4 Å². The molecule has 2 rings (SSSR count). The van der Waals surface area contributed by atoms with Crippen LogP contribution in [0, 0.1) is 0 Å². The molecule has 0 N–H and O–H groups in total. The summed E-state index contributed by atoms with van der Waals surface area (Å²) in [5.41, 5.74) is 0.551. The third-order valence-electron chi connectivity index (χ3n) is 2.17. The molecule has 2 aromatic rings. The van der Waals surface area contributed by atoms with Gasteiger partial charge in [0, 0.05) is 0 Å². The quantitative estimate of drug-likeness (QED) is 0.387. The zero-order valence-corrected chi connectivity index (χ0v) is 15.4. The fourth-order valence-corrected chi connectivity index (χ4v) is 1.24. The van der Waals surface area contributed by atoms with E-state index in [0.29, 0.717) is 0 Å². The number of hydrogen-bond donors (Lipinski definition) is 0. The topological polar surface area (TPSA) is 98.7 Å². The fourth-order valence-electron chi connectivity index (χ4n) is 1.24. The van der Waals surface area contributed by atoms with Crippen molar-refractivity contribution in [3.8, 4) is 0 Å². The van der Waals surface area contributed by atoms with Gasteiger partial charge in [-0.3, -0.25) is 0 Å². The summed E-state index contributed by atoms with van der Waals surface area (Å²) < 4.78 is 0. The van der Waals surface area contributed by atoms with Gasteiger partial charge in [-0.15, -0.1) is 0 Å². The number of carbonyl (C=O) groups is 2. The molecule has 7 heteroatoms. The molecule has 0 amide bonds. The molecule has 6 nitrogen and oxygen atoms in total. The van der Waals surface area contributed by atoms with E-state index in [2.05, 4.69) is 9.78 Å². The molecule has 104 valence electrons. The first-order chi connectivity index (χ1) is 9.69. The summed E-state index contributed by atoms with van der Waals surface area (Å²) in [6.45, 7) is 0. The Morgan fingerprint density at radius 3 is 1.19 bits per heavy atom. The average molecular weight is 412 g/mol. The van der Waals surface area contributed by atoms with Gasteiger partial charge in [-0.2, -0.15) is 0 Å². The molecule has 0 aliphatic rings. The Labute approximate surface area is 161 Å². The summed E-state index contributed by atoms with van der Waals surface area (Å²) in [5, 5.41) is 19.2. The summed E-state index contributed by atoms with van der Waals surface area (Å²) in [6, 6.07) is 16.2. The SMILES string of the molecule is O=C(O[O-])c1ccccc1.O=C(O[O-])c1ccccc1.[Ba+2]. The van der Waals surface area contributed by atoms with E-state index in [4.69, 9.17) is 0 Å². The van der Waals surface area contributed by atoms with Gasteiger partial charge in [0.1, 0.15) is 0 Å². The number of rotatable bonds is 2. The number of benzene rings is 2. The maximum atomic E-state index is 10.5. The Balaban J connectivity index is 0.000000364. The van der Waals surface area contributed by atoms with Crippen molar-refractivity contribution in [2.24, 2.45) is 0 Å². The average Bonchev–Trinajstić information content (AvgIpc) is 2.55. The normalized spacial score (nSPS) is 8.48. The van der Waals surface area contributed by atoms with Gasteiger partial charge in [-0.05, 0) is 24.3 Å². The van der Waals surface area contributed by atoms with Crippen molar-refractivity contribution >= 4 is 60.8 Å². The molecule has 21 heavy (non-hydrogen) atoms. The van der Waals surface area contributed by atoms with Crippen LogP contribution < -0.4 is 10.5 Å². The minimum atomic E-state index is -0.847. The van der Waals surface area contributed by atoms with Gasteiger partial charge in [0.2, 0.25) is 0 Å². The second kappa shape index (κ2) is 11.5. The van der Waals surface area contributed by atoms with E-state index in [1.165, 1.54) is 24.3 Å². The summed E-state index contributed by atoms with van der Waals surface area (Å²) in [4.78, 5) is 27.5. The molecule has 0 heterocycles. The number of hydrogen-bond acceptors (Lipinski definition) is 6. The van der Waals surface area contributed by atoms with Crippen LogP contribution in [0.1, 0.15) is 20.7 Å². The van der Waals surface area contributed by atoms with Crippen molar-refractivity contribution in [1.82, 2.24) is 0 Å². The molecule has 0 atom stereocenters. The third-order valence-corrected chi connectivity index (χ3v) is 2.17. The van der Waals surface area contributed by atoms with Crippen LogP contribution in [0.5, 0.6) is 0 Å². The predicted octanol–water partition coefficient (Wildman–Crippen LogP) is -0.143. The Bertz CT molecular complexity index is 492. The first kappa shape index (κ1) is 19.9. The van der Waals surface area contributed by atoms with E-state index < -0.39 is 11.9 Å². The molecule has 0 fully saturated rings. The minimum absolute atomic E-state index is 0.